The molecule has 0 bridgehead atoms. The average molecular weight is 469 g/mol. The highest BCUT2D eigenvalue weighted by molar-refractivity contribution is 6.39. The summed E-state index contributed by atoms with van der Waals surface area (Å²) in [6.45, 7) is 2.68. The van der Waals surface area contributed by atoms with Gasteiger partial charge in [-0.1, -0.05) is 53.5 Å². The van der Waals surface area contributed by atoms with Crippen LogP contribution in [0.25, 0.3) is 0 Å². The SMILES string of the molecule is CCOC(=O)C(Cc1ccccc1)NC(=O)c1cc(Cl)c(OCCCCN)c(Cl)c1O. The molecule has 0 saturated heterocycles. The van der Waals surface area contributed by atoms with Crippen molar-refractivity contribution in [2.45, 2.75) is 32.2 Å². The third-order valence-electron chi connectivity index (χ3n) is 4.40. The van der Waals surface area contributed by atoms with Crippen LogP contribution < -0.4 is 15.8 Å². The van der Waals surface area contributed by atoms with Crippen LogP contribution in [0.5, 0.6) is 11.5 Å². The molecule has 0 heterocycles. The van der Waals surface area contributed by atoms with Gasteiger partial charge in [-0.05, 0) is 37.9 Å². The molecule has 0 radical (unpaired) electrons. The summed E-state index contributed by atoms with van der Waals surface area (Å²) in [6, 6.07) is 9.47. The minimum absolute atomic E-state index is 0.0662. The number of aromatic hydroxyl groups is 1. The summed E-state index contributed by atoms with van der Waals surface area (Å²) in [5.74, 6) is -1.71. The van der Waals surface area contributed by atoms with Crippen LogP contribution in [-0.4, -0.2) is 42.8 Å². The van der Waals surface area contributed by atoms with Crippen molar-refractivity contribution in [3.05, 3.63) is 57.6 Å². The number of unbranched alkanes of at least 4 members (excludes halogenated alkanes) is 1. The van der Waals surface area contributed by atoms with E-state index in [9.17, 15) is 14.7 Å². The molecule has 2 aromatic rings. The van der Waals surface area contributed by atoms with Crippen molar-refractivity contribution in [3.8, 4) is 11.5 Å². The Bertz CT molecular complexity index is 893. The van der Waals surface area contributed by atoms with Gasteiger partial charge in [-0.25, -0.2) is 4.79 Å². The Morgan fingerprint density at radius 1 is 1.19 bits per heavy atom. The van der Waals surface area contributed by atoms with Gasteiger partial charge in [0.1, 0.15) is 11.1 Å². The zero-order chi connectivity index (χ0) is 22.8. The Hall–Kier alpha value is -2.48. The highest BCUT2D eigenvalue weighted by Gasteiger charge is 2.27. The number of carbonyl (C=O) groups is 2. The van der Waals surface area contributed by atoms with Crippen molar-refractivity contribution in [3.63, 3.8) is 0 Å². The van der Waals surface area contributed by atoms with E-state index in [0.29, 0.717) is 19.6 Å². The minimum Gasteiger partial charge on any atom is -0.505 e. The molecular weight excluding hydrogens is 443 g/mol. The van der Waals surface area contributed by atoms with Gasteiger partial charge >= 0.3 is 5.97 Å². The van der Waals surface area contributed by atoms with E-state index < -0.39 is 23.7 Å². The molecule has 168 valence electrons. The molecule has 0 aliphatic carbocycles. The van der Waals surface area contributed by atoms with Crippen molar-refractivity contribution in [2.24, 2.45) is 5.73 Å². The maximum atomic E-state index is 12.8. The van der Waals surface area contributed by atoms with Crippen molar-refractivity contribution in [1.82, 2.24) is 5.32 Å². The lowest BCUT2D eigenvalue weighted by molar-refractivity contribution is -0.145. The minimum atomic E-state index is -0.959. The van der Waals surface area contributed by atoms with E-state index in [0.717, 1.165) is 12.0 Å². The molecule has 0 fully saturated rings. The number of phenolic OH excluding ortho intramolecular Hbond substituents is 1. The van der Waals surface area contributed by atoms with Crippen LogP contribution in [0.2, 0.25) is 10.0 Å². The molecular formula is C22H26Cl2N2O5. The Morgan fingerprint density at radius 2 is 1.90 bits per heavy atom. The van der Waals surface area contributed by atoms with Gasteiger partial charge in [-0.15, -0.1) is 0 Å². The maximum absolute atomic E-state index is 12.8. The lowest BCUT2D eigenvalue weighted by Crippen LogP contribution is -2.43. The van der Waals surface area contributed by atoms with Gasteiger partial charge in [0.25, 0.3) is 5.91 Å². The predicted octanol–water partition coefficient (Wildman–Crippen LogP) is 3.72. The van der Waals surface area contributed by atoms with Crippen LogP contribution in [-0.2, 0) is 16.0 Å². The fraction of sp³-hybridized carbons (Fsp3) is 0.364. The van der Waals surface area contributed by atoms with E-state index >= 15 is 0 Å². The van der Waals surface area contributed by atoms with E-state index in [4.69, 9.17) is 38.4 Å². The fourth-order valence-corrected chi connectivity index (χ4v) is 3.40. The number of nitrogens with two attached hydrogens (primary N) is 1. The number of hydrogen-bond donors (Lipinski definition) is 3. The number of halogens is 2. The van der Waals surface area contributed by atoms with Gasteiger partial charge in [-0.3, -0.25) is 4.79 Å². The Morgan fingerprint density at radius 3 is 2.55 bits per heavy atom. The first-order valence-corrected chi connectivity index (χ1v) is 10.7. The molecule has 0 spiro atoms. The Balaban J connectivity index is 2.21. The number of ether oxygens (including phenoxy) is 2. The monoisotopic (exact) mass is 468 g/mol. The van der Waals surface area contributed by atoms with Gasteiger partial charge in [0.2, 0.25) is 0 Å². The van der Waals surface area contributed by atoms with Gasteiger partial charge in [0, 0.05) is 6.42 Å². The normalized spacial score (nSPS) is 11.6. The average Bonchev–Trinajstić information content (AvgIpc) is 2.76. The Labute approximate surface area is 191 Å². The number of benzene rings is 2. The summed E-state index contributed by atoms with van der Waals surface area (Å²) < 4.78 is 10.6. The van der Waals surface area contributed by atoms with E-state index in [1.165, 1.54) is 6.07 Å². The maximum Gasteiger partial charge on any atom is 0.328 e. The molecule has 2 rings (SSSR count). The van der Waals surface area contributed by atoms with Crippen LogP contribution >= 0.6 is 23.2 Å². The standard InChI is InChI=1S/C22H26Cl2N2O5/c1-2-30-22(29)17(12-14-8-4-3-5-9-14)26-21(28)15-13-16(23)20(18(24)19(15)27)31-11-7-6-10-25/h3-5,8-9,13,17,27H,2,6-7,10-12,25H2,1H3,(H,26,28). The molecule has 7 nitrogen and oxygen atoms in total. The third-order valence-corrected chi connectivity index (χ3v) is 5.03. The number of phenols is 1. The first-order chi connectivity index (χ1) is 14.9. The molecule has 0 aliphatic heterocycles. The van der Waals surface area contributed by atoms with E-state index in [2.05, 4.69) is 5.32 Å². The number of hydrogen-bond acceptors (Lipinski definition) is 6. The molecule has 0 aromatic heterocycles. The predicted molar refractivity (Wildman–Crippen MR) is 120 cm³/mol. The third kappa shape index (κ3) is 7.02. The molecule has 1 amide bonds. The highest BCUT2D eigenvalue weighted by Crippen LogP contribution is 2.42. The molecule has 2 aromatic carbocycles. The Kier molecular flexibility index (Phi) is 9.91. The quantitative estimate of drug-likeness (QED) is 0.342. The van der Waals surface area contributed by atoms with Crippen molar-refractivity contribution >= 4 is 35.1 Å². The number of nitrogens with one attached hydrogen (secondary N) is 1. The van der Waals surface area contributed by atoms with Crippen LogP contribution in [0.1, 0.15) is 35.7 Å². The summed E-state index contributed by atoms with van der Waals surface area (Å²) in [5.41, 5.74) is 6.11. The number of rotatable bonds is 11. The number of esters is 1. The van der Waals surface area contributed by atoms with Gasteiger partial charge in [0.05, 0.1) is 23.8 Å². The highest BCUT2D eigenvalue weighted by atomic mass is 35.5. The zero-order valence-corrected chi connectivity index (χ0v) is 18.7. The fourth-order valence-electron chi connectivity index (χ4n) is 2.84. The van der Waals surface area contributed by atoms with Crippen molar-refractivity contribution in [2.75, 3.05) is 19.8 Å². The summed E-state index contributed by atoms with van der Waals surface area (Å²) in [4.78, 5) is 25.2. The largest absolute Gasteiger partial charge is 0.505 e. The van der Waals surface area contributed by atoms with Crippen LogP contribution in [0.3, 0.4) is 0 Å². The van der Waals surface area contributed by atoms with Gasteiger partial charge in [0.15, 0.2) is 11.5 Å². The summed E-state index contributed by atoms with van der Waals surface area (Å²) in [5, 5.41) is 12.9. The molecule has 1 unspecified atom stereocenters. The lowest BCUT2D eigenvalue weighted by Gasteiger charge is -2.19. The molecule has 0 saturated carbocycles. The van der Waals surface area contributed by atoms with E-state index in [1.807, 2.05) is 30.3 Å². The van der Waals surface area contributed by atoms with Crippen molar-refractivity contribution in [1.29, 1.82) is 0 Å². The molecule has 0 aliphatic rings. The number of carbonyl (C=O) groups excluding carboxylic acids is 2. The lowest BCUT2D eigenvalue weighted by atomic mass is 10.1. The summed E-state index contributed by atoms with van der Waals surface area (Å²) in [7, 11) is 0. The number of amides is 1. The molecule has 9 heteroatoms. The van der Waals surface area contributed by atoms with Crippen LogP contribution in [0.15, 0.2) is 36.4 Å². The van der Waals surface area contributed by atoms with Gasteiger partial charge in [-0.2, -0.15) is 0 Å². The van der Waals surface area contributed by atoms with E-state index in [1.54, 1.807) is 6.92 Å². The first-order valence-electron chi connectivity index (χ1n) is 9.94. The second-order valence-corrected chi connectivity index (χ2v) is 7.49. The summed E-state index contributed by atoms with van der Waals surface area (Å²) >= 11 is 12.4. The first kappa shape index (κ1) is 24.8. The second-order valence-electron chi connectivity index (χ2n) is 6.71. The smallest absolute Gasteiger partial charge is 0.328 e. The zero-order valence-electron chi connectivity index (χ0n) is 17.2. The molecule has 1 atom stereocenters. The van der Waals surface area contributed by atoms with Gasteiger partial charge < -0.3 is 25.6 Å². The molecule has 4 N–H and O–H groups in total. The molecule has 31 heavy (non-hydrogen) atoms. The van der Waals surface area contributed by atoms with Crippen LogP contribution in [0, 0.1) is 0 Å². The summed E-state index contributed by atoms with van der Waals surface area (Å²) in [6.07, 6.45) is 1.67. The van der Waals surface area contributed by atoms with Crippen LogP contribution in [0.4, 0.5) is 0 Å². The second kappa shape index (κ2) is 12.4. The van der Waals surface area contributed by atoms with E-state index in [-0.39, 0.29) is 34.4 Å². The topological polar surface area (TPSA) is 111 Å². The van der Waals surface area contributed by atoms with Crippen molar-refractivity contribution < 1.29 is 24.2 Å².